The van der Waals surface area contributed by atoms with Gasteiger partial charge in [0.25, 0.3) is 0 Å². The van der Waals surface area contributed by atoms with Crippen molar-refractivity contribution in [2.75, 3.05) is 18.5 Å². The van der Waals surface area contributed by atoms with Crippen LogP contribution in [0.5, 0.6) is 5.75 Å². The fourth-order valence-electron chi connectivity index (χ4n) is 3.45. The fourth-order valence-corrected chi connectivity index (χ4v) is 3.45. The lowest BCUT2D eigenvalue weighted by atomic mass is 10.1. The third kappa shape index (κ3) is 5.55. The number of rotatable bonds is 9. The number of benzene rings is 2. The summed E-state index contributed by atoms with van der Waals surface area (Å²) in [7, 11) is 0. The number of carbonyl (C=O) groups is 2. The Balaban J connectivity index is 1.78. The largest absolute Gasteiger partial charge is 0.494 e. The van der Waals surface area contributed by atoms with Gasteiger partial charge in [-0.25, -0.2) is 9.18 Å². The van der Waals surface area contributed by atoms with Crippen LogP contribution in [0, 0.1) is 12.7 Å². The summed E-state index contributed by atoms with van der Waals surface area (Å²) in [6.07, 6.45) is 0.194. The summed E-state index contributed by atoms with van der Waals surface area (Å²) < 4.78 is 25.9. The van der Waals surface area contributed by atoms with E-state index in [-0.39, 0.29) is 24.8 Å². The Morgan fingerprint density at radius 1 is 1.00 bits per heavy atom. The Bertz CT molecular complexity index is 1070. The number of halogens is 1. The molecule has 0 spiro atoms. The van der Waals surface area contributed by atoms with Gasteiger partial charge in [0.05, 0.1) is 18.8 Å². The molecule has 1 heterocycles. The predicted octanol–water partition coefficient (Wildman–Crippen LogP) is 5.21. The topological polar surface area (TPSA) is 69.6 Å². The highest BCUT2D eigenvalue weighted by atomic mass is 19.1. The van der Waals surface area contributed by atoms with E-state index in [4.69, 9.17) is 9.47 Å². The van der Waals surface area contributed by atoms with Gasteiger partial charge in [0.2, 0.25) is 5.91 Å². The van der Waals surface area contributed by atoms with Gasteiger partial charge in [-0.05, 0) is 80.9 Å². The first-order chi connectivity index (χ1) is 15.4. The molecule has 0 saturated heterocycles. The number of anilines is 1. The lowest BCUT2D eigenvalue weighted by molar-refractivity contribution is -0.116. The lowest BCUT2D eigenvalue weighted by Gasteiger charge is -2.13. The van der Waals surface area contributed by atoms with Gasteiger partial charge < -0.3 is 19.4 Å². The summed E-state index contributed by atoms with van der Waals surface area (Å²) >= 11 is 0. The van der Waals surface area contributed by atoms with Gasteiger partial charge in [0.1, 0.15) is 11.6 Å². The molecule has 0 aliphatic rings. The second-order valence-electron chi connectivity index (χ2n) is 7.16. The van der Waals surface area contributed by atoms with Crippen LogP contribution < -0.4 is 10.1 Å². The van der Waals surface area contributed by atoms with Crippen molar-refractivity contribution in [2.24, 2.45) is 0 Å². The molecule has 0 saturated carbocycles. The van der Waals surface area contributed by atoms with E-state index in [1.54, 1.807) is 49.4 Å². The number of hydrogen-bond acceptors (Lipinski definition) is 4. The monoisotopic (exact) mass is 438 g/mol. The molecule has 1 N–H and O–H groups in total. The minimum Gasteiger partial charge on any atom is -0.494 e. The van der Waals surface area contributed by atoms with E-state index in [1.807, 2.05) is 18.4 Å². The van der Waals surface area contributed by atoms with Gasteiger partial charge in [-0.1, -0.05) is 0 Å². The van der Waals surface area contributed by atoms with E-state index in [0.29, 0.717) is 30.1 Å². The number of hydrogen-bond donors (Lipinski definition) is 1. The zero-order valence-electron chi connectivity index (χ0n) is 18.5. The smallest absolute Gasteiger partial charge is 0.339 e. The number of amides is 1. The molecular weight excluding hydrogens is 411 g/mol. The molecule has 7 heteroatoms. The Labute approximate surface area is 187 Å². The maximum Gasteiger partial charge on any atom is 0.339 e. The molecule has 0 unspecified atom stereocenters. The zero-order chi connectivity index (χ0) is 23.1. The highest BCUT2D eigenvalue weighted by Gasteiger charge is 2.20. The SMILES string of the molecule is CCOC(=O)c1cc(-c2ccc(F)cc2)n(CCC(=O)Nc2ccc(OCC)cc2)c1C. The molecule has 32 heavy (non-hydrogen) atoms. The third-order valence-corrected chi connectivity index (χ3v) is 5.01. The van der Waals surface area contributed by atoms with Gasteiger partial charge in [0.15, 0.2) is 0 Å². The van der Waals surface area contributed by atoms with Crippen molar-refractivity contribution in [1.29, 1.82) is 0 Å². The summed E-state index contributed by atoms with van der Waals surface area (Å²) in [6.45, 7) is 6.65. The van der Waals surface area contributed by atoms with E-state index in [0.717, 1.165) is 17.0 Å². The molecule has 168 valence electrons. The first kappa shape index (κ1) is 23.1. The average Bonchev–Trinajstić information content (AvgIpc) is 3.11. The van der Waals surface area contributed by atoms with Crippen LogP contribution in [-0.4, -0.2) is 29.7 Å². The van der Waals surface area contributed by atoms with Crippen LogP contribution in [0.2, 0.25) is 0 Å². The Morgan fingerprint density at radius 2 is 1.69 bits per heavy atom. The number of esters is 1. The van der Waals surface area contributed by atoms with E-state index in [2.05, 4.69) is 5.32 Å². The normalized spacial score (nSPS) is 10.6. The molecule has 0 bridgehead atoms. The predicted molar refractivity (Wildman–Crippen MR) is 121 cm³/mol. The van der Waals surface area contributed by atoms with Crippen molar-refractivity contribution >= 4 is 17.6 Å². The van der Waals surface area contributed by atoms with Crippen LogP contribution >= 0.6 is 0 Å². The van der Waals surface area contributed by atoms with E-state index in [1.165, 1.54) is 12.1 Å². The van der Waals surface area contributed by atoms with E-state index in [9.17, 15) is 14.0 Å². The lowest BCUT2D eigenvalue weighted by Crippen LogP contribution is -2.16. The molecule has 0 aliphatic heterocycles. The van der Waals surface area contributed by atoms with Crippen LogP contribution in [0.15, 0.2) is 54.6 Å². The maximum absolute atomic E-state index is 13.4. The standard InChI is InChI=1S/C25H27FN2O4/c1-4-31-21-12-10-20(11-13-21)27-24(29)14-15-28-17(3)22(25(30)32-5-2)16-23(28)18-6-8-19(26)9-7-18/h6-13,16H,4-5,14-15H2,1-3H3,(H,27,29). The van der Waals surface area contributed by atoms with Gasteiger partial charge >= 0.3 is 5.97 Å². The minimum atomic E-state index is -0.425. The van der Waals surface area contributed by atoms with Crippen molar-refractivity contribution in [2.45, 2.75) is 33.7 Å². The van der Waals surface area contributed by atoms with Crippen LogP contribution in [-0.2, 0) is 16.1 Å². The summed E-state index contributed by atoms with van der Waals surface area (Å²) in [6, 6.07) is 14.9. The molecule has 3 rings (SSSR count). The molecule has 3 aromatic rings. The molecule has 0 atom stereocenters. The number of ether oxygens (including phenoxy) is 2. The van der Waals surface area contributed by atoms with Crippen molar-refractivity contribution in [1.82, 2.24) is 4.57 Å². The summed E-state index contributed by atoms with van der Waals surface area (Å²) in [5.41, 5.74) is 3.26. The molecular formula is C25H27FN2O4. The number of aromatic nitrogens is 1. The van der Waals surface area contributed by atoms with E-state index >= 15 is 0 Å². The van der Waals surface area contributed by atoms with Crippen molar-refractivity contribution < 1.29 is 23.5 Å². The molecule has 0 radical (unpaired) electrons. The van der Waals surface area contributed by atoms with Gasteiger partial charge in [-0.15, -0.1) is 0 Å². The first-order valence-electron chi connectivity index (χ1n) is 10.6. The Morgan fingerprint density at radius 3 is 2.31 bits per heavy atom. The summed E-state index contributed by atoms with van der Waals surface area (Å²) in [5, 5.41) is 2.87. The Hall–Kier alpha value is -3.61. The number of nitrogens with zero attached hydrogens (tertiary/aromatic N) is 1. The van der Waals surface area contributed by atoms with Crippen molar-refractivity contribution in [3.8, 4) is 17.0 Å². The quantitative estimate of drug-likeness (QED) is 0.466. The zero-order valence-corrected chi connectivity index (χ0v) is 18.5. The Kier molecular flexibility index (Phi) is 7.65. The highest BCUT2D eigenvalue weighted by molar-refractivity contribution is 5.93. The van der Waals surface area contributed by atoms with Crippen LogP contribution in [0.3, 0.4) is 0 Å². The van der Waals surface area contributed by atoms with Gasteiger partial charge in [-0.3, -0.25) is 4.79 Å². The molecule has 2 aromatic carbocycles. The highest BCUT2D eigenvalue weighted by Crippen LogP contribution is 2.27. The second kappa shape index (κ2) is 10.6. The minimum absolute atomic E-state index is 0.162. The summed E-state index contributed by atoms with van der Waals surface area (Å²) in [4.78, 5) is 24.9. The van der Waals surface area contributed by atoms with Crippen molar-refractivity contribution in [3.63, 3.8) is 0 Å². The fraction of sp³-hybridized carbons (Fsp3) is 0.280. The molecule has 1 amide bonds. The first-order valence-corrected chi connectivity index (χ1v) is 10.6. The van der Waals surface area contributed by atoms with Crippen LogP contribution in [0.1, 0.15) is 36.3 Å². The number of nitrogens with one attached hydrogen (secondary N) is 1. The summed E-state index contributed by atoms with van der Waals surface area (Å²) in [5.74, 6) is -0.191. The van der Waals surface area contributed by atoms with Gasteiger partial charge in [-0.2, -0.15) is 0 Å². The molecule has 6 nitrogen and oxygen atoms in total. The molecule has 0 aliphatic carbocycles. The van der Waals surface area contributed by atoms with Crippen molar-refractivity contribution in [3.05, 3.63) is 71.7 Å². The molecule has 1 aromatic heterocycles. The third-order valence-electron chi connectivity index (χ3n) is 5.01. The average molecular weight is 438 g/mol. The second-order valence-corrected chi connectivity index (χ2v) is 7.16. The van der Waals surface area contributed by atoms with Crippen LogP contribution in [0.4, 0.5) is 10.1 Å². The van der Waals surface area contributed by atoms with E-state index < -0.39 is 5.97 Å². The number of carbonyl (C=O) groups excluding carboxylic acids is 2. The van der Waals surface area contributed by atoms with Gasteiger partial charge in [0, 0.05) is 30.0 Å². The maximum atomic E-state index is 13.4. The van der Waals surface area contributed by atoms with Crippen LogP contribution in [0.25, 0.3) is 11.3 Å². The molecule has 0 fully saturated rings.